The number of aliphatic hydroxyl groups excluding tert-OH is 1. The fraction of sp³-hybridized carbons (Fsp3) is 0.692. The third-order valence-corrected chi connectivity index (χ3v) is 5.33. The molecule has 0 saturated heterocycles. The monoisotopic (exact) mass is 528 g/mol. The maximum absolute atomic E-state index is 12.6. The van der Waals surface area contributed by atoms with Crippen molar-refractivity contribution in [1.82, 2.24) is 5.32 Å². The average molecular weight is 529 g/mol. The third-order valence-electron chi connectivity index (χ3n) is 5.33. The maximum Gasteiger partial charge on any atom is 0.407 e. The molecule has 1 aromatic rings. The van der Waals surface area contributed by atoms with Gasteiger partial charge in [0.25, 0.3) is 0 Å². The van der Waals surface area contributed by atoms with Gasteiger partial charge in [-0.3, -0.25) is 0 Å². The molecular formula is C26H44N2O9. The lowest BCUT2D eigenvalue weighted by molar-refractivity contribution is -0.181. The summed E-state index contributed by atoms with van der Waals surface area (Å²) in [5.41, 5.74) is -0.270. The van der Waals surface area contributed by atoms with E-state index in [0.717, 1.165) is 6.42 Å². The molecule has 11 nitrogen and oxygen atoms in total. The molecule has 0 saturated carbocycles. The van der Waals surface area contributed by atoms with Gasteiger partial charge in [-0.2, -0.15) is 0 Å². The van der Waals surface area contributed by atoms with Crippen molar-refractivity contribution in [3.05, 3.63) is 29.3 Å². The molecule has 0 heterocycles. The Morgan fingerprint density at radius 2 is 1.70 bits per heavy atom. The van der Waals surface area contributed by atoms with Crippen LogP contribution in [0.15, 0.2) is 18.2 Å². The minimum absolute atomic E-state index is 0.0170. The number of carbonyl (C=O) groups excluding carboxylic acids is 2. The first kappa shape index (κ1) is 32.6. The number of rotatable bonds is 15. The van der Waals surface area contributed by atoms with Crippen LogP contribution in [-0.4, -0.2) is 73.6 Å². The molecule has 0 aliphatic heterocycles. The van der Waals surface area contributed by atoms with Crippen LogP contribution in [0.1, 0.15) is 76.2 Å². The van der Waals surface area contributed by atoms with Gasteiger partial charge in [-0.05, 0) is 71.2 Å². The molecule has 0 bridgehead atoms. The van der Waals surface area contributed by atoms with E-state index in [2.05, 4.69) is 10.6 Å². The first-order valence-corrected chi connectivity index (χ1v) is 12.2. The summed E-state index contributed by atoms with van der Waals surface area (Å²) in [7, 11) is 4.27. The number of esters is 1. The highest BCUT2D eigenvalue weighted by Gasteiger charge is 2.29. The van der Waals surface area contributed by atoms with Gasteiger partial charge in [0.1, 0.15) is 11.2 Å². The Morgan fingerprint density at radius 1 is 1.03 bits per heavy atom. The summed E-state index contributed by atoms with van der Waals surface area (Å²) in [5, 5.41) is 26.2. The van der Waals surface area contributed by atoms with E-state index in [9.17, 15) is 19.8 Å². The summed E-state index contributed by atoms with van der Waals surface area (Å²) in [6, 6.07) is 4.67. The molecule has 2 unspecified atom stereocenters. The highest BCUT2D eigenvalue weighted by atomic mass is 16.6. The fourth-order valence-corrected chi connectivity index (χ4v) is 3.34. The van der Waals surface area contributed by atoms with Gasteiger partial charge < -0.3 is 44.5 Å². The van der Waals surface area contributed by atoms with Crippen molar-refractivity contribution >= 4 is 17.7 Å². The van der Waals surface area contributed by atoms with Gasteiger partial charge in [0.05, 0.1) is 5.56 Å². The molecule has 1 aromatic carbocycles. The molecule has 1 amide bonds. The zero-order chi connectivity index (χ0) is 28.3. The number of ether oxygens (including phenoxy) is 5. The number of hydrogen-bond acceptors (Lipinski definition) is 10. The Morgan fingerprint density at radius 3 is 2.27 bits per heavy atom. The van der Waals surface area contributed by atoms with Crippen LogP contribution in [0.5, 0.6) is 0 Å². The largest absolute Gasteiger partial charge is 0.456 e. The van der Waals surface area contributed by atoms with Crippen LogP contribution in [0, 0.1) is 0 Å². The number of amides is 1. The molecule has 0 spiro atoms. The Labute approximate surface area is 219 Å². The highest BCUT2D eigenvalue weighted by molar-refractivity contribution is 5.90. The lowest BCUT2D eigenvalue weighted by Crippen LogP contribution is -2.41. The molecular weight excluding hydrogens is 484 g/mol. The van der Waals surface area contributed by atoms with E-state index in [-0.39, 0.29) is 24.9 Å². The van der Waals surface area contributed by atoms with E-state index in [4.69, 9.17) is 23.7 Å². The smallest absolute Gasteiger partial charge is 0.407 e. The number of aliphatic hydroxyl groups is 2. The highest BCUT2D eigenvalue weighted by Crippen LogP contribution is 2.26. The molecule has 4 N–H and O–H groups in total. The van der Waals surface area contributed by atoms with E-state index >= 15 is 0 Å². The van der Waals surface area contributed by atoms with Gasteiger partial charge in [-0.1, -0.05) is 0 Å². The Hall–Kier alpha value is -2.44. The van der Waals surface area contributed by atoms with E-state index < -0.39 is 35.5 Å². The molecule has 0 aromatic heterocycles. The molecule has 2 atom stereocenters. The van der Waals surface area contributed by atoms with E-state index in [0.29, 0.717) is 24.3 Å². The quantitative estimate of drug-likeness (QED) is 0.152. The Bertz CT molecular complexity index is 870. The van der Waals surface area contributed by atoms with Gasteiger partial charge in [0, 0.05) is 53.0 Å². The molecule has 37 heavy (non-hydrogen) atoms. The summed E-state index contributed by atoms with van der Waals surface area (Å²) in [6.07, 6.45) is -0.305. The number of anilines is 1. The maximum atomic E-state index is 12.6. The number of alkyl carbamates (subject to hydrolysis) is 1. The van der Waals surface area contributed by atoms with Gasteiger partial charge in [-0.15, -0.1) is 0 Å². The van der Waals surface area contributed by atoms with E-state index in [1.54, 1.807) is 40.0 Å². The number of hydrogen-bond donors (Lipinski definition) is 4. The summed E-state index contributed by atoms with van der Waals surface area (Å²) >= 11 is 0. The van der Waals surface area contributed by atoms with Gasteiger partial charge in [-0.25, -0.2) is 9.59 Å². The number of nitrogens with one attached hydrogen (secondary N) is 2. The summed E-state index contributed by atoms with van der Waals surface area (Å²) in [6.45, 7) is 9.45. The standard InChI is InChI=1S/C26H44N2O9/c1-24(2,3)36-22(30)18-10-11-20(28-26(32,35-8)14-12-21(29)34-7)19(16-18)17-27-23(31)37-25(4,5)13-9-15-33-6/h10-11,16,21,28-29,32H,9,12-15,17H2,1-8H3,(H,27,31). The second-order valence-corrected chi connectivity index (χ2v) is 10.3. The summed E-state index contributed by atoms with van der Waals surface area (Å²) < 4.78 is 26.1. The van der Waals surface area contributed by atoms with E-state index in [1.165, 1.54) is 20.3 Å². The van der Waals surface area contributed by atoms with Crippen molar-refractivity contribution in [1.29, 1.82) is 0 Å². The third kappa shape index (κ3) is 12.6. The van der Waals surface area contributed by atoms with Crippen LogP contribution in [0.3, 0.4) is 0 Å². The normalized spacial score (nSPS) is 14.4. The average Bonchev–Trinajstić information content (AvgIpc) is 2.80. The second kappa shape index (κ2) is 14.5. The summed E-state index contributed by atoms with van der Waals surface area (Å²) in [4.78, 5) is 25.2. The molecule has 0 aliphatic rings. The lowest BCUT2D eigenvalue weighted by Gasteiger charge is -2.30. The van der Waals surface area contributed by atoms with Crippen LogP contribution in [0.25, 0.3) is 0 Å². The first-order chi connectivity index (χ1) is 17.1. The van der Waals surface area contributed by atoms with Crippen molar-refractivity contribution in [2.45, 2.75) is 90.2 Å². The van der Waals surface area contributed by atoms with Crippen LogP contribution >= 0.6 is 0 Å². The SMILES string of the molecule is COCCCC(C)(C)OC(=O)NCc1cc(C(=O)OC(C)(C)C)ccc1NC(O)(CCC(O)OC)OC. The van der Waals surface area contributed by atoms with Crippen molar-refractivity contribution in [2.24, 2.45) is 0 Å². The predicted molar refractivity (Wildman–Crippen MR) is 138 cm³/mol. The van der Waals surface area contributed by atoms with Crippen molar-refractivity contribution < 1.29 is 43.5 Å². The lowest BCUT2D eigenvalue weighted by atomic mass is 10.0. The zero-order valence-corrected chi connectivity index (χ0v) is 23.3. The number of carbonyl (C=O) groups is 2. The fourth-order valence-electron chi connectivity index (χ4n) is 3.34. The van der Waals surface area contributed by atoms with Crippen LogP contribution in [0.2, 0.25) is 0 Å². The van der Waals surface area contributed by atoms with Gasteiger partial charge >= 0.3 is 12.1 Å². The predicted octanol–water partition coefficient (Wildman–Crippen LogP) is 3.52. The Balaban J connectivity index is 3.12. The van der Waals surface area contributed by atoms with Crippen molar-refractivity contribution in [3.8, 4) is 0 Å². The number of methoxy groups -OCH3 is 3. The Kier molecular flexibility index (Phi) is 12.8. The van der Waals surface area contributed by atoms with Crippen LogP contribution < -0.4 is 10.6 Å². The van der Waals surface area contributed by atoms with Crippen LogP contribution in [-0.2, 0) is 30.2 Å². The van der Waals surface area contributed by atoms with Gasteiger partial charge in [0.2, 0.25) is 5.91 Å². The minimum Gasteiger partial charge on any atom is -0.456 e. The summed E-state index contributed by atoms with van der Waals surface area (Å²) in [5.74, 6) is -2.39. The first-order valence-electron chi connectivity index (χ1n) is 12.2. The second-order valence-electron chi connectivity index (χ2n) is 10.3. The topological polar surface area (TPSA) is 145 Å². The minimum atomic E-state index is -1.86. The van der Waals surface area contributed by atoms with Gasteiger partial charge in [0.15, 0.2) is 6.29 Å². The van der Waals surface area contributed by atoms with E-state index in [1.807, 2.05) is 13.8 Å². The van der Waals surface area contributed by atoms with Crippen molar-refractivity contribution in [3.63, 3.8) is 0 Å². The molecule has 212 valence electrons. The molecule has 0 aliphatic carbocycles. The number of benzene rings is 1. The van der Waals surface area contributed by atoms with Crippen LogP contribution in [0.4, 0.5) is 10.5 Å². The molecule has 1 rings (SSSR count). The van der Waals surface area contributed by atoms with Crippen molar-refractivity contribution in [2.75, 3.05) is 33.3 Å². The zero-order valence-electron chi connectivity index (χ0n) is 23.3. The molecule has 0 fully saturated rings. The molecule has 0 radical (unpaired) electrons. The molecule has 11 heteroatoms.